The Bertz CT molecular complexity index is 1280. The molecular formula is C32H33NO3. The minimum atomic E-state index is -0.284. The third-order valence-electron chi connectivity index (χ3n) is 7.91. The Kier molecular flexibility index (Phi) is 7.13. The van der Waals surface area contributed by atoms with Crippen LogP contribution in [0.2, 0.25) is 0 Å². The first kappa shape index (κ1) is 24.2. The van der Waals surface area contributed by atoms with Crippen molar-refractivity contribution in [3.05, 3.63) is 100 Å². The van der Waals surface area contributed by atoms with Gasteiger partial charge in [-0.2, -0.15) is 0 Å². The molecule has 0 spiro atoms. The summed E-state index contributed by atoms with van der Waals surface area (Å²) >= 11 is 0. The average molecular weight is 480 g/mol. The molecule has 1 fully saturated rings. The molecule has 0 atom stereocenters. The van der Waals surface area contributed by atoms with Crippen molar-refractivity contribution < 1.29 is 14.4 Å². The van der Waals surface area contributed by atoms with E-state index in [1.165, 1.54) is 56.9 Å². The number of carbonyl (C=O) groups is 3. The second-order valence-electron chi connectivity index (χ2n) is 10.2. The fourth-order valence-electron chi connectivity index (χ4n) is 5.82. The van der Waals surface area contributed by atoms with Crippen LogP contribution in [0.5, 0.6) is 0 Å². The van der Waals surface area contributed by atoms with E-state index in [1.807, 2.05) is 12.1 Å². The molecule has 0 bridgehead atoms. The van der Waals surface area contributed by atoms with Crippen LogP contribution in [-0.4, -0.2) is 17.5 Å². The maximum absolute atomic E-state index is 13.2. The number of fused-ring (bicyclic) bond motifs is 2. The van der Waals surface area contributed by atoms with Gasteiger partial charge in [0.05, 0.1) is 11.3 Å². The summed E-state index contributed by atoms with van der Waals surface area (Å²) < 4.78 is 0. The van der Waals surface area contributed by atoms with Crippen LogP contribution in [0.3, 0.4) is 0 Å². The van der Waals surface area contributed by atoms with Gasteiger partial charge in [-0.25, -0.2) is 0 Å². The number of carbonyl (C=O) groups excluding carboxylic acids is 3. The van der Waals surface area contributed by atoms with Crippen LogP contribution >= 0.6 is 0 Å². The molecule has 4 heteroatoms. The molecule has 3 aromatic carbocycles. The van der Waals surface area contributed by atoms with E-state index in [9.17, 15) is 14.4 Å². The first-order valence-electron chi connectivity index (χ1n) is 13.3. The van der Waals surface area contributed by atoms with Crippen LogP contribution in [0.25, 0.3) is 0 Å². The SMILES string of the molecule is CCCCCC1CCC(c2ccc(C(=O)Nc3cccc4c3C(=O)c3ccccc3C4=O)cc2)CC1. The molecule has 0 radical (unpaired) electrons. The average Bonchev–Trinajstić information content (AvgIpc) is 2.92. The van der Waals surface area contributed by atoms with Crippen molar-refractivity contribution in [2.75, 3.05) is 5.32 Å². The molecule has 1 N–H and O–H groups in total. The van der Waals surface area contributed by atoms with Crippen molar-refractivity contribution in [3.63, 3.8) is 0 Å². The van der Waals surface area contributed by atoms with Crippen LogP contribution in [0, 0.1) is 5.92 Å². The highest BCUT2D eigenvalue weighted by Crippen LogP contribution is 2.38. The van der Waals surface area contributed by atoms with Gasteiger partial charge >= 0.3 is 0 Å². The monoisotopic (exact) mass is 479 g/mol. The highest BCUT2D eigenvalue weighted by molar-refractivity contribution is 6.30. The fourth-order valence-corrected chi connectivity index (χ4v) is 5.82. The van der Waals surface area contributed by atoms with Crippen LogP contribution in [0.1, 0.15) is 112 Å². The molecule has 0 unspecified atom stereocenters. The Hall–Kier alpha value is -3.53. The van der Waals surface area contributed by atoms with Crippen molar-refractivity contribution in [2.24, 2.45) is 5.92 Å². The van der Waals surface area contributed by atoms with Crippen molar-refractivity contribution >= 4 is 23.2 Å². The predicted molar refractivity (Wildman–Crippen MR) is 143 cm³/mol. The van der Waals surface area contributed by atoms with Gasteiger partial charge in [0, 0.05) is 22.3 Å². The summed E-state index contributed by atoms with van der Waals surface area (Å²) in [5.74, 6) is 0.719. The second-order valence-corrected chi connectivity index (χ2v) is 10.2. The summed E-state index contributed by atoms with van der Waals surface area (Å²) in [5, 5.41) is 2.89. The maximum Gasteiger partial charge on any atom is 0.255 e. The molecule has 5 rings (SSSR count). The topological polar surface area (TPSA) is 63.2 Å². The lowest BCUT2D eigenvalue weighted by molar-refractivity contribution is 0.0978. The molecule has 184 valence electrons. The predicted octanol–water partition coefficient (Wildman–Crippen LogP) is 7.57. The molecule has 36 heavy (non-hydrogen) atoms. The Morgan fingerprint density at radius 2 is 1.44 bits per heavy atom. The Labute approximate surface area is 213 Å². The minimum absolute atomic E-state index is 0.194. The van der Waals surface area contributed by atoms with Crippen LogP contribution in [-0.2, 0) is 0 Å². The molecule has 0 heterocycles. The van der Waals surface area contributed by atoms with Crippen LogP contribution in [0.15, 0.2) is 66.7 Å². The van der Waals surface area contributed by atoms with E-state index in [0.717, 1.165) is 5.92 Å². The van der Waals surface area contributed by atoms with Gasteiger partial charge in [0.25, 0.3) is 5.91 Å². The summed E-state index contributed by atoms with van der Waals surface area (Å²) in [7, 11) is 0. The molecule has 2 aliphatic rings. The van der Waals surface area contributed by atoms with E-state index in [-0.39, 0.29) is 23.0 Å². The van der Waals surface area contributed by atoms with Gasteiger partial charge in [-0.3, -0.25) is 14.4 Å². The third-order valence-corrected chi connectivity index (χ3v) is 7.91. The van der Waals surface area contributed by atoms with Gasteiger partial charge in [0.1, 0.15) is 0 Å². The second kappa shape index (κ2) is 10.6. The number of benzene rings is 3. The molecule has 3 aromatic rings. The number of unbranched alkanes of at least 4 members (excludes halogenated alkanes) is 2. The number of hydrogen-bond acceptors (Lipinski definition) is 3. The van der Waals surface area contributed by atoms with Crippen molar-refractivity contribution in [1.82, 2.24) is 0 Å². The van der Waals surface area contributed by atoms with Crippen LogP contribution in [0.4, 0.5) is 5.69 Å². The highest BCUT2D eigenvalue weighted by atomic mass is 16.2. The van der Waals surface area contributed by atoms with Gasteiger partial charge in [-0.15, -0.1) is 0 Å². The van der Waals surface area contributed by atoms with Gasteiger partial charge in [-0.05, 0) is 61.3 Å². The summed E-state index contributed by atoms with van der Waals surface area (Å²) in [4.78, 5) is 39.3. The van der Waals surface area contributed by atoms with Gasteiger partial charge < -0.3 is 5.32 Å². The lowest BCUT2D eigenvalue weighted by Crippen LogP contribution is -2.23. The van der Waals surface area contributed by atoms with E-state index < -0.39 is 0 Å². The van der Waals surface area contributed by atoms with E-state index in [0.29, 0.717) is 33.9 Å². The number of amides is 1. The number of rotatable bonds is 7. The minimum Gasteiger partial charge on any atom is -0.321 e. The van der Waals surface area contributed by atoms with E-state index in [4.69, 9.17) is 0 Å². The quantitative estimate of drug-likeness (QED) is 0.278. The molecular weight excluding hydrogens is 446 g/mol. The molecule has 1 saturated carbocycles. The van der Waals surface area contributed by atoms with Gasteiger partial charge in [0.15, 0.2) is 11.6 Å². The van der Waals surface area contributed by atoms with E-state index >= 15 is 0 Å². The summed E-state index contributed by atoms with van der Waals surface area (Å²) in [6.07, 6.45) is 10.4. The summed E-state index contributed by atoms with van der Waals surface area (Å²) in [6, 6.07) is 19.8. The van der Waals surface area contributed by atoms with Crippen molar-refractivity contribution in [1.29, 1.82) is 0 Å². The lowest BCUT2D eigenvalue weighted by atomic mass is 9.77. The molecule has 0 aromatic heterocycles. The first-order chi connectivity index (χ1) is 17.6. The highest BCUT2D eigenvalue weighted by Gasteiger charge is 2.31. The largest absolute Gasteiger partial charge is 0.321 e. The summed E-state index contributed by atoms with van der Waals surface area (Å²) in [6.45, 7) is 2.26. The number of hydrogen-bond donors (Lipinski definition) is 1. The zero-order chi connectivity index (χ0) is 25.1. The number of anilines is 1. The van der Waals surface area contributed by atoms with Gasteiger partial charge in [-0.1, -0.05) is 81.1 Å². The van der Waals surface area contributed by atoms with E-state index in [2.05, 4.69) is 24.4 Å². The van der Waals surface area contributed by atoms with E-state index in [1.54, 1.807) is 42.5 Å². The molecule has 0 saturated heterocycles. The molecule has 4 nitrogen and oxygen atoms in total. The number of nitrogens with one attached hydrogen (secondary N) is 1. The van der Waals surface area contributed by atoms with Crippen molar-refractivity contribution in [2.45, 2.75) is 64.2 Å². The zero-order valence-corrected chi connectivity index (χ0v) is 20.9. The Morgan fingerprint density at radius 1 is 0.778 bits per heavy atom. The van der Waals surface area contributed by atoms with Crippen molar-refractivity contribution in [3.8, 4) is 0 Å². The molecule has 2 aliphatic carbocycles. The smallest absolute Gasteiger partial charge is 0.255 e. The van der Waals surface area contributed by atoms with Crippen LogP contribution < -0.4 is 5.32 Å². The normalized spacial score (nSPS) is 18.9. The molecule has 1 amide bonds. The molecule has 0 aliphatic heterocycles. The zero-order valence-electron chi connectivity index (χ0n) is 20.9. The first-order valence-corrected chi connectivity index (χ1v) is 13.3. The lowest BCUT2D eigenvalue weighted by Gasteiger charge is -2.29. The standard InChI is InChI=1S/C32H33NO3/c1-2-3-4-8-21-13-15-22(16-14-21)23-17-19-24(20-18-23)32(36)33-28-12-7-11-27-29(28)31(35)26-10-6-5-9-25(26)30(27)34/h5-7,9-12,17-22H,2-4,8,13-16H2,1H3,(H,33,36). The summed E-state index contributed by atoms with van der Waals surface area (Å²) in [5.41, 5.74) is 3.59. The number of ketones is 2. The third kappa shape index (κ3) is 4.77. The fraction of sp³-hybridized carbons (Fsp3) is 0.344. The van der Waals surface area contributed by atoms with Gasteiger partial charge in [0.2, 0.25) is 0 Å². The Morgan fingerprint density at radius 3 is 2.14 bits per heavy atom. The maximum atomic E-state index is 13.2. The Balaban J connectivity index is 1.27.